The van der Waals surface area contributed by atoms with Crippen LogP contribution in [-0.2, 0) is 9.53 Å². The Hall–Kier alpha value is -1.75. The maximum Gasteiger partial charge on any atom is 0.340 e. The first-order chi connectivity index (χ1) is 8.70. The summed E-state index contributed by atoms with van der Waals surface area (Å²) in [6.45, 7) is 5.15. The van der Waals surface area contributed by atoms with Crippen LogP contribution >= 0.6 is 11.6 Å². The third kappa shape index (κ3) is 4.79. The minimum Gasteiger partial charge on any atom is -0.452 e. The van der Waals surface area contributed by atoms with Gasteiger partial charge in [-0.15, -0.1) is 0 Å². The van der Waals surface area contributed by atoms with Gasteiger partial charge in [-0.2, -0.15) is 0 Å². The van der Waals surface area contributed by atoms with Crippen molar-refractivity contribution in [2.45, 2.75) is 26.3 Å². The van der Waals surface area contributed by atoms with Gasteiger partial charge >= 0.3 is 5.97 Å². The van der Waals surface area contributed by atoms with Gasteiger partial charge in [-0.05, 0) is 32.9 Å². The second-order valence-corrected chi connectivity index (χ2v) is 5.48. The van der Waals surface area contributed by atoms with Crippen LogP contribution in [0.3, 0.4) is 0 Å². The van der Waals surface area contributed by atoms with E-state index in [4.69, 9.17) is 22.1 Å². The SMILES string of the molecule is CC(C)(C)NC(=O)COC(=O)c1cccc(Cl)c1N. The number of rotatable bonds is 3. The van der Waals surface area contributed by atoms with Gasteiger partial charge in [0.25, 0.3) is 5.91 Å². The lowest BCUT2D eigenvalue weighted by atomic mass is 10.1. The highest BCUT2D eigenvalue weighted by atomic mass is 35.5. The lowest BCUT2D eigenvalue weighted by molar-refractivity contribution is -0.125. The Balaban J connectivity index is 2.61. The molecule has 0 aliphatic rings. The van der Waals surface area contributed by atoms with Crippen LogP contribution in [0.4, 0.5) is 5.69 Å². The number of nitrogens with one attached hydrogen (secondary N) is 1. The highest BCUT2D eigenvalue weighted by Gasteiger charge is 2.17. The van der Waals surface area contributed by atoms with Crippen LogP contribution in [0.15, 0.2) is 18.2 Å². The Morgan fingerprint density at radius 1 is 1.37 bits per heavy atom. The van der Waals surface area contributed by atoms with Crippen molar-refractivity contribution in [3.63, 3.8) is 0 Å². The molecule has 0 aliphatic carbocycles. The molecule has 0 unspecified atom stereocenters. The number of amides is 1. The lowest BCUT2D eigenvalue weighted by Crippen LogP contribution is -2.42. The molecule has 0 spiro atoms. The van der Waals surface area contributed by atoms with Gasteiger partial charge in [-0.25, -0.2) is 4.79 Å². The summed E-state index contributed by atoms with van der Waals surface area (Å²) >= 11 is 5.80. The smallest absolute Gasteiger partial charge is 0.340 e. The zero-order chi connectivity index (χ0) is 14.6. The van der Waals surface area contributed by atoms with Gasteiger partial charge in [-0.1, -0.05) is 17.7 Å². The number of carbonyl (C=O) groups excluding carboxylic acids is 2. The topological polar surface area (TPSA) is 81.4 Å². The first kappa shape index (κ1) is 15.3. The number of hydrogen-bond acceptors (Lipinski definition) is 4. The summed E-state index contributed by atoms with van der Waals surface area (Å²) in [5.41, 5.74) is 5.57. The van der Waals surface area contributed by atoms with Crippen molar-refractivity contribution in [3.8, 4) is 0 Å². The van der Waals surface area contributed by atoms with Crippen molar-refractivity contribution >= 4 is 29.2 Å². The molecule has 0 saturated carbocycles. The predicted octanol–water partition coefficient (Wildman–Crippen LogP) is 1.99. The predicted molar refractivity (Wildman–Crippen MR) is 74.0 cm³/mol. The number of hydrogen-bond donors (Lipinski definition) is 2. The monoisotopic (exact) mass is 284 g/mol. The number of benzene rings is 1. The molecule has 0 radical (unpaired) electrons. The molecule has 1 amide bonds. The van der Waals surface area contributed by atoms with E-state index in [-0.39, 0.29) is 34.3 Å². The summed E-state index contributed by atoms with van der Waals surface area (Å²) in [6.07, 6.45) is 0. The molecule has 104 valence electrons. The minimum absolute atomic E-state index is 0.144. The Labute approximate surface area is 117 Å². The van der Waals surface area contributed by atoms with E-state index in [1.807, 2.05) is 20.8 Å². The van der Waals surface area contributed by atoms with Crippen molar-refractivity contribution in [2.24, 2.45) is 0 Å². The molecule has 19 heavy (non-hydrogen) atoms. The zero-order valence-corrected chi connectivity index (χ0v) is 11.9. The molecule has 5 nitrogen and oxygen atoms in total. The van der Waals surface area contributed by atoms with Crippen molar-refractivity contribution in [1.29, 1.82) is 0 Å². The Morgan fingerprint density at radius 2 is 2.00 bits per heavy atom. The molecule has 0 bridgehead atoms. The third-order valence-corrected chi connectivity index (χ3v) is 2.45. The van der Waals surface area contributed by atoms with Crippen molar-refractivity contribution in [3.05, 3.63) is 28.8 Å². The van der Waals surface area contributed by atoms with Gasteiger partial charge in [0.1, 0.15) is 0 Å². The van der Waals surface area contributed by atoms with E-state index < -0.39 is 5.97 Å². The number of nitrogen functional groups attached to an aromatic ring is 1. The van der Waals surface area contributed by atoms with Crippen LogP contribution in [0.1, 0.15) is 31.1 Å². The van der Waals surface area contributed by atoms with Crippen LogP contribution in [0.2, 0.25) is 5.02 Å². The van der Waals surface area contributed by atoms with E-state index >= 15 is 0 Å². The fraction of sp³-hybridized carbons (Fsp3) is 0.385. The normalized spacial score (nSPS) is 10.9. The standard InChI is InChI=1S/C13H17ClN2O3/c1-13(2,3)16-10(17)7-19-12(18)8-5-4-6-9(14)11(8)15/h4-6H,7,15H2,1-3H3,(H,16,17). The van der Waals surface area contributed by atoms with E-state index in [2.05, 4.69) is 5.32 Å². The van der Waals surface area contributed by atoms with E-state index in [9.17, 15) is 9.59 Å². The highest BCUT2D eigenvalue weighted by Crippen LogP contribution is 2.22. The fourth-order valence-electron chi connectivity index (χ4n) is 1.38. The number of carbonyl (C=O) groups is 2. The summed E-state index contributed by atoms with van der Waals surface area (Å²) in [5.74, 6) is -1.05. The van der Waals surface area contributed by atoms with Crippen molar-refractivity contribution in [1.82, 2.24) is 5.32 Å². The maximum absolute atomic E-state index is 11.7. The lowest BCUT2D eigenvalue weighted by Gasteiger charge is -2.20. The molecular formula is C13H17ClN2O3. The molecule has 3 N–H and O–H groups in total. The minimum atomic E-state index is -0.677. The molecule has 1 rings (SSSR count). The number of esters is 1. The Morgan fingerprint density at radius 3 is 2.58 bits per heavy atom. The number of anilines is 1. The summed E-state index contributed by atoms with van der Waals surface area (Å²) in [4.78, 5) is 23.2. The van der Waals surface area contributed by atoms with Crippen LogP contribution in [0, 0.1) is 0 Å². The average molecular weight is 285 g/mol. The second-order valence-electron chi connectivity index (χ2n) is 5.08. The van der Waals surface area contributed by atoms with Gasteiger partial charge in [-0.3, -0.25) is 4.79 Å². The zero-order valence-electron chi connectivity index (χ0n) is 11.1. The molecular weight excluding hydrogens is 268 g/mol. The third-order valence-electron chi connectivity index (χ3n) is 2.12. The number of para-hydroxylation sites is 1. The Bertz CT molecular complexity index is 495. The van der Waals surface area contributed by atoms with Gasteiger partial charge in [0.05, 0.1) is 16.3 Å². The molecule has 1 aromatic carbocycles. The quantitative estimate of drug-likeness (QED) is 0.657. The fourth-order valence-corrected chi connectivity index (χ4v) is 1.55. The van der Waals surface area contributed by atoms with Crippen LogP contribution in [-0.4, -0.2) is 24.0 Å². The first-order valence-electron chi connectivity index (χ1n) is 5.73. The largest absolute Gasteiger partial charge is 0.452 e. The molecule has 1 aromatic rings. The Kier molecular flexibility index (Phi) is 4.78. The van der Waals surface area contributed by atoms with E-state index in [1.54, 1.807) is 12.1 Å². The van der Waals surface area contributed by atoms with Crippen LogP contribution in [0.5, 0.6) is 0 Å². The summed E-state index contributed by atoms with van der Waals surface area (Å²) < 4.78 is 4.88. The summed E-state index contributed by atoms with van der Waals surface area (Å²) in [7, 11) is 0. The number of nitrogens with two attached hydrogens (primary N) is 1. The van der Waals surface area contributed by atoms with E-state index in [0.717, 1.165) is 0 Å². The molecule has 0 saturated heterocycles. The second kappa shape index (κ2) is 5.93. The maximum atomic E-state index is 11.7. The number of ether oxygens (including phenoxy) is 1. The number of halogens is 1. The summed E-state index contributed by atoms with van der Waals surface area (Å²) in [6, 6.07) is 4.65. The van der Waals surface area contributed by atoms with E-state index in [0.29, 0.717) is 0 Å². The molecule has 0 aromatic heterocycles. The molecule has 0 fully saturated rings. The van der Waals surface area contributed by atoms with Gasteiger partial charge in [0.15, 0.2) is 6.61 Å². The molecule has 6 heteroatoms. The first-order valence-corrected chi connectivity index (χ1v) is 6.10. The van der Waals surface area contributed by atoms with Crippen molar-refractivity contribution < 1.29 is 14.3 Å². The van der Waals surface area contributed by atoms with Crippen LogP contribution < -0.4 is 11.1 Å². The van der Waals surface area contributed by atoms with Gasteiger partial charge in [0.2, 0.25) is 0 Å². The average Bonchev–Trinajstić information content (AvgIpc) is 2.27. The van der Waals surface area contributed by atoms with Gasteiger partial charge < -0.3 is 15.8 Å². The molecule has 0 aliphatic heterocycles. The summed E-state index contributed by atoms with van der Waals surface area (Å²) in [5, 5.41) is 2.95. The van der Waals surface area contributed by atoms with Crippen molar-refractivity contribution in [2.75, 3.05) is 12.3 Å². The molecule has 0 heterocycles. The van der Waals surface area contributed by atoms with Crippen LogP contribution in [0.25, 0.3) is 0 Å². The van der Waals surface area contributed by atoms with E-state index in [1.165, 1.54) is 6.07 Å². The van der Waals surface area contributed by atoms with Gasteiger partial charge in [0, 0.05) is 5.54 Å². The highest BCUT2D eigenvalue weighted by molar-refractivity contribution is 6.33. The molecule has 0 atom stereocenters.